The third-order valence-corrected chi connectivity index (χ3v) is 5.82. The molecule has 1 aromatic rings. The predicted molar refractivity (Wildman–Crippen MR) is 106 cm³/mol. The number of thiazole rings is 1. The van der Waals surface area contributed by atoms with Crippen LogP contribution in [0.1, 0.15) is 53.1 Å². The summed E-state index contributed by atoms with van der Waals surface area (Å²) in [7, 11) is 3.94. The van der Waals surface area contributed by atoms with Crippen molar-refractivity contribution in [3.05, 3.63) is 15.6 Å². The Morgan fingerprint density at radius 3 is 2.96 bits per heavy atom. The van der Waals surface area contributed by atoms with E-state index in [0.29, 0.717) is 23.1 Å². The number of hydrogen-bond donors (Lipinski definition) is 2. The molecule has 2 unspecified atom stereocenters. The summed E-state index contributed by atoms with van der Waals surface area (Å²) in [6.07, 6.45) is 2.50. The lowest BCUT2D eigenvalue weighted by molar-refractivity contribution is 0.0531. The van der Waals surface area contributed by atoms with Gasteiger partial charge in [-0.2, -0.15) is 0 Å². The summed E-state index contributed by atoms with van der Waals surface area (Å²) in [4.78, 5) is 23.8. The maximum atomic E-state index is 12.0. The van der Waals surface area contributed by atoms with Gasteiger partial charge in [-0.15, -0.1) is 11.3 Å². The van der Waals surface area contributed by atoms with Crippen LogP contribution >= 0.6 is 11.3 Å². The van der Waals surface area contributed by atoms with Crippen molar-refractivity contribution >= 4 is 23.3 Å². The largest absolute Gasteiger partial charge is 0.462 e. The van der Waals surface area contributed by atoms with Crippen molar-refractivity contribution in [2.45, 2.75) is 39.7 Å². The van der Waals surface area contributed by atoms with E-state index in [2.05, 4.69) is 32.6 Å². The maximum absolute atomic E-state index is 12.0. The second-order valence-electron chi connectivity index (χ2n) is 6.78. The summed E-state index contributed by atoms with van der Waals surface area (Å²) < 4.78 is 5.09. The second kappa shape index (κ2) is 9.87. The number of hydrogen-bond acceptors (Lipinski definition) is 6. The molecule has 8 heteroatoms. The van der Waals surface area contributed by atoms with Gasteiger partial charge in [-0.1, -0.05) is 0 Å². The van der Waals surface area contributed by atoms with Crippen molar-refractivity contribution in [3.8, 4) is 0 Å². The minimum Gasteiger partial charge on any atom is -0.462 e. The normalized spacial score (nSPS) is 19.9. The first kappa shape index (κ1) is 20.6. The van der Waals surface area contributed by atoms with Crippen molar-refractivity contribution in [3.63, 3.8) is 0 Å². The van der Waals surface area contributed by atoms with Gasteiger partial charge in [-0.05, 0) is 53.1 Å². The molecule has 2 atom stereocenters. The number of nitrogens with zero attached hydrogens (tertiary/aromatic N) is 3. The number of likely N-dealkylation sites (tertiary alicyclic amines) is 1. The highest BCUT2D eigenvalue weighted by Gasteiger charge is 2.21. The zero-order chi connectivity index (χ0) is 19.1. The lowest BCUT2D eigenvalue weighted by atomic mass is 9.99. The molecule has 1 aromatic heterocycles. The summed E-state index contributed by atoms with van der Waals surface area (Å²) in [5.41, 5.74) is 0.713. The van der Waals surface area contributed by atoms with Gasteiger partial charge < -0.3 is 20.3 Å². The molecular weight excluding hydrogens is 350 g/mol. The molecule has 0 aliphatic carbocycles. The van der Waals surface area contributed by atoms with E-state index in [-0.39, 0.29) is 12.0 Å². The van der Waals surface area contributed by atoms with E-state index in [9.17, 15) is 4.79 Å². The summed E-state index contributed by atoms with van der Waals surface area (Å²) >= 11 is 1.38. The molecule has 1 fully saturated rings. The highest BCUT2D eigenvalue weighted by Crippen LogP contribution is 2.24. The van der Waals surface area contributed by atoms with Crippen LogP contribution in [0, 0.1) is 12.8 Å². The van der Waals surface area contributed by atoms with Gasteiger partial charge in [0.05, 0.1) is 18.3 Å². The SMILES string of the molecule is CCOC(=O)c1sc(C(C)NC(=NC)NCC2CCCN(C)C2)nc1C. The quantitative estimate of drug-likeness (QED) is 0.447. The first-order valence-electron chi connectivity index (χ1n) is 9.24. The number of ether oxygens (including phenoxy) is 1. The van der Waals surface area contributed by atoms with E-state index in [4.69, 9.17) is 4.74 Å². The number of carbonyl (C=O) groups excluding carboxylic acids is 1. The molecule has 146 valence electrons. The number of nitrogens with one attached hydrogen (secondary N) is 2. The zero-order valence-electron chi connectivity index (χ0n) is 16.5. The average molecular weight is 382 g/mol. The van der Waals surface area contributed by atoms with Gasteiger partial charge in [0.15, 0.2) is 5.96 Å². The first-order valence-corrected chi connectivity index (χ1v) is 10.1. The molecule has 1 saturated heterocycles. The van der Waals surface area contributed by atoms with E-state index in [0.717, 1.165) is 24.1 Å². The Morgan fingerprint density at radius 1 is 1.54 bits per heavy atom. The van der Waals surface area contributed by atoms with E-state index < -0.39 is 0 Å². The summed E-state index contributed by atoms with van der Waals surface area (Å²) in [6.45, 7) is 9.24. The maximum Gasteiger partial charge on any atom is 0.350 e. The molecule has 2 N–H and O–H groups in total. The van der Waals surface area contributed by atoms with Crippen LogP contribution in [-0.2, 0) is 4.74 Å². The summed E-state index contributed by atoms with van der Waals surface area (Å²) in [6, 6.07) is -0.0397. The van der Waals surface area contributed by atoms with Gasteiger partial charge in [0.1, 0.15) is 9.88 Å². The van der Waals surface area contributed by atoms with Crippen LogP contribution in [0.2, 0.25) is 0 Å². The number of aliphatic imine (C=N–C) groups is 1. The molecular formula is C18H31N5O2S. The molecule has 0 radical (unpaired) electrons. The van der Waals surface area contributed by atoms with Crippen LogP contribution < -0.4 is 10.6 Å². The number of aromatic nitrogens is 1. The molecule has 0 spiro atoms. The number of rotatable bonds is 6. The molecule has 26 heavy (non-hydrogen) atoms. The van der Waals surface area contributed by atoms with Gasteiger partial charge in [0.25, 0.3) is 0 Å². The lowest BCUT2D eigenvalue weighted by Crippen LogP contribution is -2.44. The summed E-state index contributed by atoms with van der Waals surface area (Å²) in [5.74, 6) is 1.10. The molecule has 1 aliphatic rings. The Morgan fingerprint density at radius 2 is 2.31 bits per heavy atom. The number of esters is 1. The topological polar surface area (TPSA) is 78.8 Å². The van der Waals surface area contributed by atoms with E-state index in [1.54, 1.807) is 14.0 Å². The van der Waals surface area contributed by atoms with Crippen LogP contribution in [0.3, 0.4) is 0 Å². The fourth-order valence-electron chi connectivity index (χ4n) is 3.13. The summed E-state index contributed by atoms with van der Waals surface area (Å²) in [5, 5.41) is 7.64. The standard InChI is InChI=1S/C18H31N5O2S/c1-6-25-17(24)15-12(2)21-16(26-15)13(3)22-18(19-4)20-10-14-8-7-9-23(5)11-14/h13-14H,6-11H2,1-5H3,(H2,19,20,22). The van der Waals surface area contributed by atoms with Crippen LogP contribution in [0.5, 0.6) is 0 Å². The Hall–Kier alpha value is -1.67. The van der Waals surface area contributed by atoms with Gasteiger partial charge in [0.2, 0.25) is 0 Å². The van der Waals surface area contributed by atoms with Crippen LogP contribution in [-0.4, -0.2) is 62.1 Å². The molecule has 0 bridgehead atoms. The van der Waals surface area contributed by atoms with Gasteiger partial charge >= 0.3 is 5.97 Å². The van der Waals surface area contributed by atoms with Crippen molar-refractivity contribution in [1.29, 1.82) is 0 Å². The van der Waals surface area contributed by atoms with Crippen molar-refractivity contribution in [1.82, 2.24) is 20.5 Å². The Kier molecular flexibility index (Phi) is 7.84. The predicted octanol–water partition coefficient (Wildman–Crippen LogP) is 2.20. The minimum atomic E-state index is -0.301. The first-order chi connectivity index (χ1) is 12.4. The third kappa shape index (κ3) is 5.67. The Labute approximate surface area is 160 Å². The molecule has 7 nitrogen and oxygen atoms in total. The van der Waals surface area contributed by atoms with E-state index in [1.165, 1.54) is 30.7 Å². The monoisotopic (exact) mass is 381 g/mol. The number of guanidine groups is 1. The Bertz CT molecular complexity index is 631. The molecule has 0 aromatic carbocycles. The minimum absolute atomic E-state index is 0.0397. The number of piperidine rings is 1. The van der Waals surface area contributed by atoms with E-state index in [1.807, 2.05) is 13.8 Å². The average Bonchev–Trinajstić information content (AvgIpc) is 3.00. The van der Waals surface area contributed by atoms with Gasteiger partial charge in [0, 0.05) is 20.1 Å². The van der Waals surface area contributed by atoms with Crippen LogP contribution in [0.15, 0.2) is 4.99 Å². The smallest absolute Gasteiger partial charge is 0.350 e. The van der Waals surface area contributed by atoms with E-state index >= 15 is 0 Å². The molecule has 0 saturated carbocycles. The number of aryl methyl sites for hydroxylation is 1. The highest BCUT2D eigenvalue weighted by atomic mass is 32.1. The fraction of sp³-hybridized carbons (Fsp3) is 0.722. The second-order valence-corrected chi connectivity index (χ2v) is 7.81. The molecule has 2 rings (SSSR count). The Balaban J connectivity index is 1.91. The van der Waals surface area contributed by atoms with Crippen molar-refractivity contribution in [2.75, 3.05) is 40.3 Å². The van der Waals surface area contributed by atoms with Crippen molar-refractivity contribution in [2.24, 2.45) is 10.9 Å². The molecule has 0 amide bonds. The fourth-order valence-corrected chi connectivity index (χ4v) is 4.09. The highest BCUT2D eigenvalue weighted by molar-refractivity contribution is 7.13. The third-order valence-electron chi connectivity index (χ3n) is 4.50. The van der Waals surface area contributed by atoms with Gasteiger partial charge in [-0.25, -0.2) is 9.78 Å². The van der Waals surface area contributed by atoms with Crippen molar-refractivity contribution < 1.29 is 9.53 Å². The lowest BCUT2D eigenvalue weighted by Gasteiger charge is -2.30. The van der Waals surface area contributed by atoms with Gasteiger partial charge in [-0.3, -0.25) is 4.99 Å². The number of carbonyl (C=O) groups is 1. The van der Waals surface area contributed by atoms with Crippen LogP contribution in [0.4, 0.5) is 0 Å². The molecule has 2 heterocycles. The van der Waals surface area contributed by atoms with Crippen LogP contribution in [0.25, 0.3) is 0 Å². The zero-order valence-corrected chi connectivity index (χ0v) is 17.3. The molecule has 1 aliphatic heterocycles.